The molecule has 2 heterocycles. The molecule has 0 radical (unpaired) electrons. The lowest BCUT2D eigenvalue weighted by Gasteiger charge is -2.30. The molecule has 1 aliphatic rings. The number of carbonyl (C=O) groups excluding carboxylic acids is 1. The van der Waals surface area contributed by atoms with Gasteiger partial charge in [0, 0.05) is 19.6 Å². The number of sulfonamides is 1. The van der Waals surface area contributed by atoms with E-state index in [1.165, 1.54) is 15.6 Å². The van der Waals surface area contributed by atoms with Crippen LogP contribution in [0.4, 0.5) is 0 Å². The maximum Gasteiger partial charge on any atom is 0.252 e. The van der Waals surface area contributed by atoms with Gasteiger partial charge in [-0.2, -0.15) is 4.31 Å². The van der Waals surface area contributed by atoms with Crippen LogP contribution >= 0.6 is 11.3 Å². The van der Waals surface area contributed by atoms with Crippen LogP contribution in [0.25, 0.3) is 0 Å². The van der Waals surface area contributed by atoms with Crippen LogP contribution in [0.15, 0.2) is 46.0 Å². The van der Waals surface area contributed by atoms with Crippen LogP contribution in [0.5, 0.6) is 5.75 Å². The Bertz CT molecular complexity index is 895. The van der Waals surface area contributed by atoms with Gasteiger partial charge in [-0.3, -0.25) is 4.79 Å². The first-order valence-corrected chi connectivity index (χ1v) is 11.7. The lowest BCUT2D eigenvalue weighted by molar-refractivity contribution is -0.126. The molecular formula is C20H26N2O4S2. The van der Waals surface area contributed by atoms with Crippen LogP contribution in [0.2, 0.25) is 0 Å². The number of nitrogens with one attached hydrogen (secondary N) is 1. The predicted molar refractivity (Wildman–Crippen MR) is 110 cm³/mol. The summed E-state index contributed by atoms with van der Waals surface area (Å²) in [6.07, 6.45) is 1.46. The van der Waals surface area contributed by atoms with Crippen LogP contribution < -0.4 is 10.1 Å². The number of amides is 1. The molecule has 1 aliphatic heterocycles. The minimum Gasteiger partial charge on any atom is -0.491 e. The first-order chi connectivity index (χ1) is 13.4. The molecule has 28 heavy (non-hydrogen) atoms. The molecule has 0 bridgehead atoms. The van der Waals surface area contributed by atoms with Crippen molar-refractivity contribution in [1.29, 1.82) is 0 Å². The number of ether oxygens (including phenoxy) is 1. The molecule has 0 unspecified atom stereocenters. The van der Waals surface area contributed by atoms with E-state index in [4.69, 9.17) is 4.74 Å². The molecular weight excluding hydrogens is 396 g/mol. The summed E-state index contributed by atoms with van der Waals surface area (Å²) < 4.78 is 32.9. The second kappa shape index (κ2) is 9.07. The number of thiophene rings is 1. The van der Waals surface area contributed by atoms with Gasteiger partial charge in [0.1, 0.15) is 9.96 Å². The Morgan fingerprint density at radius 3 is 2.86 bits per heavy atom. The van der Waals surface area contributed by atoms with E-state index in [1.54, 1.807) is 17.5 Å². The molecule has 2 aromatic rings. The summed E-state index contributed by atoms with van der Waals surface area (Å²) in [4.78, 5) is 12.6. The molecule has 152 valence electrons. The van der Waals surface area contributed by atoms with Gasteiger partial charge in [-0.25, -0.2) is 8.42 Å². The molecule has 0 saturated carbocycles. The number of piperidine rings is 1. The van der Waals surface area contributed by atoms with E-state index in [0.29, 0.717) is 30.1 Å². The summed E-state index contributed by atoms with van der Waals surface area (Å²) in [5.74, 6) is 0.326. The van der Waals surface area contributed by atoms with Crippen LogP contribution in [-0.4, -0.2) is 37.8 Å². The first-order valence-electron chi connectivity index (χ1n) is 9.43. The normalized spacial score (nSPS) is 18.2. The third-order valence-corrected chi connectivity index (χ3v) is 7.82. The molecule has 3 rings (SSSR count). The predicted octanol–water partition coefficient (Wildman–Crippen LogP) is 3.25. The quantitative estimate of drug-likeness (QED) is 0.743. The van der Waals surface area contributed by atoms with Crippen molar-refractivity contribution in [1.82, 2.24) is 9.62 Å². The molecule has 8 heteroatoms. The van der Waals surface area contributed by atoms with Gasteiger partial charge in [0.25, 0.3) is 10.0 Å². The standard InChI is InChI=1S/C20H26N2O4S2/c1-15(2)26-18-8-3-6-16(12-18)13-21-20(23)17-7-4-10-22(14-17)28(24,25)19-9-5-11-27-19/h3,5-6,8-9,11-12,15,17H,4,7,10,13-14H2,1-2H3,(H,21,23)/t17-/m0/s1. The summed E-state index contributed by atoms with van der Waals surface area (Å²) in [5, 5.41) is 4.69. The van der Waals surface area contributed by atoms with Crippen molar-refractivity contribution in [2.24, 2.45) is 5.92 Å². The zero-order chi connectivity index (χ0) is 20.1. The molecule has 1 N–H and O–H groups in total. The van der Waals surface area contributed by atoms with E-state index < -0.39 is 10.0 Å². The van der Waals surface area contributed by atoms with E-state index >= 15 is 0 Å². The largest absolute Gasteiger partial charge is 0.491 e. The maximum absolute atomic E-state index is 12.7. The Morgan fingerprint density at radius 1 is 1.32 bits per heavy atom. The number of carbonyl (C=O) groups is 1. The Morgan fingerprint density at radius 2 is 2.14 bits per heavy atom. The van der Waals surface area contributed by atoms with E-state index in [9.17, 15) is 13.2 Å². The van der Waals surface area contributed by atoms with Crippen molar-refractivity contribution in [2.45, 2.75) is 43.5 Å². The third-order valence-electron chi connectivity index (χ3n) is 4.58. The summed E-state index contributed by atoms with van der Waals surface area (Å²) >= 11 is 1.20. The minimum absolute atomic E-state index is 0.0864. The highest BCUT2D eigenvalue weighted by molar-refractivity contribution is 7.91. The zero-order valence-electron chi connectivity index (χ0n) is 16.1. The minimum atomic E-state index is -3.51. The van der Waals surface area contributed by atoms with E-state index in [0.717, 1.165) is 11.3 Å². The van der Waals surface area contributed by atoms with Gasteiger partial charge < -0.3 is 10.1 Å². The average Bonchev–Trinajstić information content (AvgIpc) is 3.22. The highest BCUT2D eigenvalue weighted by Crippen LogP contribution is 2.26. The van der Waals surface area contributed by atoms with E-state index in [1.807, 2.05) is 38.1 Å². The summed E-state index contributed by atoms with van der Waals surface area (Å²) in [7, 11) is -3.51. The average molecular weight is 423 g/mol. The highest BCUT2D eigenvalue weighted by Gasteiger charge is 2.33. The Labute approximate surface area is 170 Å². The number of nitrogens with zero attached hydrogens (tertiary/aromatic N) is 1. The van der Waals surface area contributed by atoms with Crippen molar-refractivity contribution >= 4 is 27.3 Å². The second-order valence-electron chi connectivity index (χ2n) is 7.17. The van der Waals surface area contributed by atoms with Crippen LogP contribution in [-0.2, 0) is 21.4 Å². The van der Waals surface area contributed by atoms with Crippen molar-refractivity contribution in [3.63, 3.8) is 0 Å². The van der Waals surface area contributed by atoms with Gasteiger partial charge in [0.2, 0.25) is 5.91 Å². The van der Waals surface area contributed by atoms with Crippen LogP contribution in [0.3, 0.4) is 0 Å². The maximum atomic E-state index is 12.7. The van der Waals surface area contributed by atoms with Crippen molar-refractivity contribution in [2.75, 3.05) is 13.1 Å². The Hall–Kier alpha value is -1.90. The fourth-order valence-electron chi connectivity index (χ4n) is 3.25. The van der Waals surface area contributed by atoms with Gasteiger partial charge in [0.05, 0.1) is 12.0 Å². The van der Waals surface area contributed by atoms with Crippen molar-refractivity contribution in [3.8, 4) is 5.75 Å². The second-order valence-corrected chi connectivity index (χ2v) is 10.3. The van der Waals surface area contributed by atoms with Crippen LogP contribution in [0.1, 0.15) is 32.3 Å². The molecule has 1 atom stereocenters. The number of rotatable bonds is 7. The number of benzene rings is 1. The van der Waals surface area contributed by atoms with Crippen molar-refractivity contribution in [3.05, 3.63) is 47.3 Å². The fraction of sp³-hybridized carbons (Fsp3) is 0.450. The smallest absolute Gasteiger partial charge is 0.252 e. The SMILES string of the molecule is CC(C)Oc1cccc(CNC(=O)[C@H]2CCCN(S(=O)(=O)c3cccs3)C2)c1. The van der Waals surface area contributed by atoms with Crippen molar-refractivity contribution < 1.29 is 17.9 Å². The molecule has 0 aliphatic carbocycles. The van der Waals surface area contributed by atoms with E-state index in [-0.39, 0.29) is 24.5 Å². The monoisotopic (exact) mass is 422 g/mol. The molecule has 0 spiro atoms. The number of hydrogen-bond acceptors (Lipinski definition) is 5. The first kappa shape index (κ1) is 20.8. The van der Waals surface area contributed by atoms with Gasteiger partial charge in [-0.1, -0.05) is 18.2 Å². The van der Waals surface area contributed by atoms with Gasteiger partial charge >= 0.3 is 0 Å². The van der Waals surface area contributed by atoms with Gasteiger partial charge in [-0.05, 0) is 55.8 Å². The lowest BCUT2D eigenvalue weighted by Crippen LogP contribution is -2.45. The summed E-state index contributed by atoms with van der Waals surface area (Å²) in [6, 6.07) is 11.0. The fourth-order valence-corrected chi connectivity index (χ4v) is 5.92. The Kier molecular flexibility index (Phi) is 6.74. The molecule has 1 saturated heterocycles. The zero-order valence-corrected chi connectivity index (χ0v) is 17.8. The Balaban J connectivity index is 1.59. The summed E-state index contributed by atoms with van der Waals surface area (Å²) in [6.45, 7) is 5.00. The summed E-state index contributed by atoms with van der Waals surface area (Å²) in [5.41, 5.74) is 0.949. The third kappa shape index (κ3) is 5.12. The highest BCUT2D eigenvalue weighted by atomic mass is 32.2. The van der Waals surface area contributed by atoms with E-state index in [2.05, 4.69) is 5.32 Å². The van der Waals surface area contributed by atoms with Gasteiger partial charge in [0.15, 0.2) is 0 Å². The molecule has 1 aromatic carbocycles. The molecule has 6 nitrogen and oxygen atoms in total. The van der Waals surface area contributed by atoms with Crippen LogP contribution in [0, 0.1) is 5.92 Å². The molecule has 1 fully saturated rings. The van der Waals surface area contributed by atoms with Gasteiger partial charge in [-0.15, -0.1) is 11.3 Å². The topological polar surface area (TPSA) is 75.7 Å². The molecule has 1 amide bonds. The lowest BCUT2D eigenvalue weighted by atomic mass is 9.99. The number of hydrogen-bond donors (Lipinski definition) is 1. The molecule has 1 aromatic heterocycles.